The summed E-state index contributed by atoms with van der Waals surface area (Å²) >= 11 is 0. The molecule has 0 aliphatic carbocycles. The van der Waals surface area contributed by atoms with E-state index in [-0.39, 0.29) is 11.7 Å². The second-order valence-corrected chi connectivity index (χ2v) is 5.22. The average Bonchev–Trinajstić information content (AvgIpc) is 2.60. The zero-order chi connectivity index (χ0) is 17.4. The van der Waals surface area contributed by atoms with Gasteiger partial charge in [-0.15, -0.1) is 0 Å². The molecule has 0 aliphatic heterocycles. The lowest BCUT2D eigenvalue weighted by Crippen LogP contribution is -2.23. The van der Waals surface area contributed by atoms with E-state index in [4.69, 9.17) is 0 Å². The van der Waals surface area contributed by atoms with E-state index in [1.807, 2.05) is 18.2 Å². The van der Waals surface area contributed by atoms with E-state index >= 15 is 0 Å². The molecule has 0 aliphatic rings. The summed E-state index contributed by atoms with van der Waals surface area (Å²) in [6.45, 7) is 0.401. The van der Waals surface area contributed by atoms with Gasteiger partial charge in [0, 0.05) is 18.7 Å². The highest BCUT2D eigenvalue weighted by molar-refractivity contribution is 5.84. The van der Waals surface area contributed by atoms with Gasteiger partial charge in [-0.05, 0) is 35.7 Å². The SMILES string of the molecule is COC(=O)Nc1ccc(CNC(=O)CCc2ccccc2O)cc1. The molecule has 6 nitrogen and oxygen atoms in total. The van der Waals surface area contributed by atoms with Crippen LogP contribution in [0, 0.1) is 0 Å². The van der Waals surface area contributed by atoms with E-state index in [1.165, 1.54) is 7.11 Å². The number of rotatable bonds is 6. The van der Waals surface area contributed by atoms with Crippen LogP contribution in [-0.2, 0) is 22.5 Å². The number of aromatic hydroxyl groups is 1. The van der Waals surface area contributed by atoms with Crippen LogP contribution in [0.2, 0.25) is 0 Å². The first-order valence-electron chi connectivity index (χ1n) is 7.56. The van der Waals surface area contributed by atoms with E-state index < -0.39 is 6.09 Å². The molecule has 3 N–H and O–H groups in total. The summed E-state index contributed by atoms with van der Waals surface area (Å²) in [7, 11) is 1.30. The predicted molar refractivity (Wildman–Crippen MR) is 90.7 cm³/mol. The lowest BCUT2D eigenvalue weighted by molar-refractivity contribution is -0.121. The van der Waals surface area contributed by atoms with Gasteiger partial charge in [0.25, 0.3) is 0 Å². The number of phenolic OH excluding ortho intramolecular Hbond substituents is 1. The Labute approximate surface area is 140 Å². The number of phenols is 1. The molecule has 0 unspecified atom stereocenters. The highest BCUT2D eigenvalue weighted by atomic mass is 16.5. The van der Waals surface area contributed by atoms with Crippen molar-refractivity contribution in [2.45, 2.75) is 19.4 Å². The van der Waals surface area contributed by atoms with Gasteiger partial charge >= 0.3 is 6.09 Å². The Kier molecular flexibility index (Phi) is 6.19. The molecule has 0 heterocycles. The second-order valence-electron chi connectivity index (χ2n) is 5.22. The minimum atomic E-state index is -0.528. The third-order valence-electron chi connectivity index (χ3n) is 3.49. The molecule has 24 heavy (non-hydrogen) atoms. The molecule has 2 amide bonds. The molecule has 0 aromatic heterocycles. The predicted octanol–water partition coefficient (Wildman–Crippen LogP) is 2.82. The molecule has 0 spiro atoms. The molecular formula is C18H20N2O4. The molecule has 6 heteroatoms. The van der Waals surface area contributed by atoms with Crippen LogP contribution in [-0.4, -0.2) is 24.2 Å². The third-order valence-corrected chi connectivity index (χ3v) is 3.49. The molecule has 0 saturated carbocycles. The topological polar surface area (TPSA) is 87.7 Å². The zero-order valence-electron chi connectivity index (χ0n) is 13.4. The van der Waals surface area contributed by atoms with Gasteiger partial charge in [0.1, 0.15) is 5.75 Å². The van der Waals surface area contributed by atoms with E-state index in [0.717, 1.165) is 11.1 Å². The summed E-state index contributed by atoms with van der Waals surface area (Å²) in [6.07, 6.45) is 0.264. The quantitative estimate of drug-likeness (QED) is 0.761. The van der Waals surface area contributed by atoms with Crippen molar-refractivity contribution in [3.8, 4) is 5.75 Å². The molecule has 2 aromatic rings. The first-order chi connectivity index (χ1) is 11.6. The number of benzene rings is 2. The highest BCUT2D eigenvalue weighted by Gasteiger charge is 2.06. The number of ether oxygens (including phenoxy) is 1. The number of hydrogen-bond donors (Lipinski definition) is 3. The Hall–Kier alpha value is -3.02. The minimum absolute atomic E-state index is 0.0879. The lowest BCUT2D eigenvalue weighted by Gasteiger charge is -2.08. The van der Waals surface area contributed by atoms with Gasteiger partial charge in [0.2, 0.25) is 5.91 Å². The molecule has 2 aromatic carbocycles. The Morgan fingerprint density at radius 2 is 1.79 bits per heavy atom. The molecule has 126 valence electrons. The molecule has 0 bridgehead atoms. The van der Waals surface area contributed by atoms with Gasteiger partial charge < -0.3 is 15.2 Å². The summed E-state index contributed by atoms with van der Waals surface area (Å²) in [5, 5.41) is 15.0. The van der Waals surface area contributed by atoms with Crippen LogP contribution >= 0.6 is 0 Å². The largest absolute Gasteiger partial charge is 0.508 e. The van der Waals surface area contributed by atoms with Crippen LogP contribution in [0.3, 0.4) is 0 Å². The fraction of sp³-hybridized carbons (Fsp3) is 0.222. The van der Waals surface area contributed by atoms with Crippen molar-refractivity contribution in [1.29, 1.82) is 0 Å². The minimum Gasteiger partial charge on any atom is -0.508 e. The fourth-order valence-electron chi connectivity index (χ4n) is 2.13. The Morgan fingerprint density at radius 1 is 1.08 bits per heavy atom. The molecule has 2 rings (SSSR count). The van der Waals surface area contributed by atoms with Crippen molar-refractivity contribution in [1.82, 2.24) is 5.32 Å². The van der Waals surface area contributed by atoms with Crippen molar-refractivity contribution < 1.29 is 19.4 Å². The standard InChI is InChI=1S/C18H20N2O4/c1-24-18(23)20-15-9-6-13(7-10-15)12-19-17(22)11-8-14-4-2-3-5-16(14)21/h2-7,9-10,21H,8,11-12H2,1H3,(H,19,22)(H,20,23). The van der Waals surface area contributed by atoms with Gasteiger partial charge in [0.05, 0.1) is 7.11 Å². The summed E-state index contributed by atoms with van der Waals surface area (Å²) in [6, 6.07) is 14.1. The third kappa shape index (κ3) is 5.31. The lowest BCUT2D eigenvalue weighted by atomic mass is 10.1. The van der Waals surface area contributed by atoms with Crippen molar-refractivity contribution in [3.05, 3.63) is 59.7 Å². The average molecular weight is 328 g/mol. The molecule has 0 atom stereocenters. The first kappa shape index (κ1) is 17.3. The normalized spacial score (nSPS) is 10.0. The number of amides is 2. The van der Waals surface area contributed by atoms with E-state index in [2.05, 4.69) is 15.4 Å². The fourth-order valence-corrected chi connectivity index (χ4v) is 2.13. The van der Waals surface area contributed by atoms with E-state index in [0.29, 0.717) is 25.1 Å². The van der Waals surface area contributed by atoms with Crippen LogP contribution in [0.25, 0.3) is 0 Å². The summed E-state index contributed by atoms with van der Waals surface area (Å²) in [5.74, 6) is 0.119. The molecular weight excluding hydrogens is 308 g/mol. The monoisotopic (exact) mass is 328 g/mol. The number of para-hydroxylation sites is 1. The van der Waals surface area contributed by atoms with Crippen LogP contribution < -0.4 is 10.6 Å². The second kappa shape index (κ2) is 8.57. The number of carbonyl (C=O) groups is 2. The van der Waals surface area contributed by atoms with Crippen molar-refractivity contribution in [2.75, 3.05) is 12.4 Å². The van der Waals surface area contributed by atoms with Crippen LogP contribution in [0.5, 0.6) is 5.75 Å². The van der Waals surface area contributed by atoms with Crippen LogP contribution in [0.4, 0.5) is 10.5 Å². The zero-order valence-corrected chi connectivity index (χ0v) is 13.4. The number of carbonyl (C=O) groups excluding carboxylic acids is 2. The number of nitrogens with one attached hydrogen (secondary N) is 2. The Balaban J connectivity index is 1.77. The highest BCUT2D eigenvalue weighted by Crippen LogP contribution is 2.17. The van der Waals surface area contributed by atoms with Crippen molar-refractivity contribution in [3.63, 3.8) is 0 Å². The number of methoxy groups -OCH3 is 1. The van der Waals surface area contributed by atoms with Gasteiger partial charge in [-0.3, -0.25) is 10.1 Å². The Morgan fingerprint density at radius 3 is 2.46 bits per heavy atom. The maximum absolute atomic E-state index is 11.9. The molecule has 0 radical (unpaired) electrons. The Bertz CT molecular complexity index is 698. The maximum atomic E-state index is 11.9. The summed E-state index contributed by atoms with van der Waals surface area (Å²) in [5.41, 5.74) is 2.30. The smallest absolute Gasteiger partial charge is 0.411 e. The van der Waals surface area contributed by atoms with E-state index in [9.17, 15) is 14.7 Å². The number of hydrogen-bond acceptors (Lipinski definition) is 4. The number of aryl methyl sites for hydroxylation is 1. The van der Waals surface area contributed by atoms with Crippen LogP contribution in [0.15, 0.2) is 48.5 Å². The summed E-state index contributed by atoms with van der Waals surface area (Å²) in [4.78, 5) is 23.0. The molecule has 0 saturated heterocycles. The van der Waals surface area contributed by atoms with E-state index in [1.54, 1.807) is 30.3 Å². The first-order valence-corrected chi connectivity index (χ1v) is 7.56. The van der Waals surface area contributed by atoms with Crippen LogP contribution in [0.1, 0.15) is 17.5 Å². The van der Waals surface area contributed by atoms with Gasteiger partial charge in [-0.1, -0.05) is 30.3 Å². The summed E-state index contributed by atoms with van der Waals surface area (Å²) < 4.78 is 4.51. The van der Waals surface area contributed by atoms with Gasteiger partial charge in [-0.2, -0.15) is 0 Å². The van der Waals surface area contributed by atoms with Crippen molar-refractivity contribution >= 4 is 17.7 Å². The van der Waals surface area contributed by atoms with Gasteiger partial charge in [-0.25, -0.2) is 4.79 Å². The van der Waals surface area contributed by atoms with Gasteiger partial charge in [0.15, 0.2) is 0 Å². The maximum Gasteiger partial charge on any atom is 0.411 e. The molecule has 0 fully saturated rings. The number of anilines is 1. The van der Waals surface area contributed by atoms with Crippen molar-refractivity contribution in [2.24, 2.45) is 0 Å².